The Bertz CT molecular complexity index is 792. The quantitative estimate of drug-likeness (QED) is 0.500. The Balaban J connectivity index is 1.97. The zero-order chi connectivity index (χ0) is 17.5. The Hall–Kier alpha value is -3.29. The van der Waals surface area contributed by atoms with Crippen molar-refractivity contribution in [1.29, 1.82) is 0 Å². The van der Waals surface area contributed by atoms with E-state index in [4.69, 9.17) is 4.74 Å². The van der Waals surface area contributed by atoms with Crippen LogP contribution in [0.25, 0.3) is 0 Å². The van der Waals surface area contributed by atoms with E-state index in [1.54, 1.807) is 12.1 Å². The van der Waals surface area contributed by atoms with Crippen LogP contribution in [0, 0.1) is 15.9 Å². The number of carbonyl (C=O) groups excluding carboxylic acids is 1. The van der Waals surface area contributed by atoms with Gasteiger partial charge in [-0.05, 0) is 25.1 Å². The summed E-state index contributed by atoms with van der Waals surface area (Å²) in [7, 11) is 0. The molecule has 8 heteroatoms. The van der Waals surface area contributed by atoms with Crippen molar-refractivity contribution in [1.82, 2.24) is 5.43 Å². The molecule has 0 aliphatic heterocycles. The Morgan fingerprint density at radius 2 is 2.04 bits per heavy atom. The van der Waals surface area contributed by atoms with Crippen LogP contribution in [0.1, 0.15) is 12.5 Å². The largest absolute Gasteiger partial charge is 0.484 e. The highest BCUT2D eigenvalue weighted by atomic mass is 19.1. The van der Waals surface area contributed by atoms with Gasteiger partial charge in [-0.15, -0.1) is 0 Å². The Kier molecular flexibility index (Phi) is 5.56. The lowest BCUT2D eigenvalue weighted by atomic mass is 10.1. The number of para-hydroxylation sites is 1. The monoisotopic (exact) mass is 331 g/mol. The molecule has 0 saturated carbocycles. The number of benzene rings is 2. The van der Waals surface area contributed by atoms with E-state index in [0.29, 0.717) is 5.56 Å². The molecule has 0 unspecified atom stereocenters. The maximum atomic E-state index is 13.0. The van der Waals surface area contributed by atoms with Crippen LogP contribution in [0.15, 0.2) is 53.6 Å². The van der Waals surface area contributed by atoms with Gasteiger partial charge in [-0.25, -0.2) is 9.82 Å². The third-order valence-corrected chi connectivity index (χ3v) is 3.00. The Morgan fingerprint density at radius 1 is 1.29 bits per heavy atom. The first kappa shape index (κ1) is 17.1. The van der Waals surface area contributed by atoms with Crippen LogP contribution in [-0.4, -0.2) is 23.1 Å². The minimum atomic E-state index is -0.572. The van der Waals surface area contributed by atoms with Crippen molar-refractivity contribution in [3.63, 3.8) is 0 Å². The van der Waals surface area contributed by atoms with E-state index < -0.39 is 16.6 Å². The number of nitrogens with zero attached hydrogens (tertiary/aromatic N) is 2. The highest BCUT2D eigenvalue weighted by molar-refractivity contribution is 6.02. The summed E-state index contributed by atoms with van der Waals surface area (Å²) >= 11 is 0. The molecule has 1 amide bonds. The Labute approximate surface area is 136 Å². The number of hydrazone groups is 1. The molecule has 124 valence electrons. The van der Waals surface area contributed by atoms with E-state index >= 15 is 0 Å². The summed E-state index contributed by atoms with van der Waals surface area (Å²) in [6.45, 7) is 1.17. The van der Waals surface area contributed by atoms with E-state index in [0.717, 1.165) is 6.07 Å². The predicted octanol–water partition coefficient (Wildman–Crippen LogP) is 2.65. The average molecular weight is 331 g/mol. The summed E-state index contributed by atoms with van der Waals surface area (Å²) in [6.07, 6.45) is 0. The van der Waals surface area contributed by atoms with Gasteiger partial charge in [0.25, 0.3) is 11.6 Å². The lowest BCUT2D eigenvalue weighted by Gasteiger charge is -2.06. The second-order valence-electron chi connectivity index (χ2n) is 4.75. The fraction of sp³-hybridized carbons (Fsp3) is 0.125. The average Bonchev–Trinajstić information content (AvgIpc) is 2.58. The first-order chi connectivity index (χ1) is 11.5. The third-order valence-electron chi connectivity index (χ3n) is 3.00. The van der Waals surface area contributed by atoms with E-state index in [-0.39, 0.29) is 23.8 Å². The molecule has 0 radical (unpaired) electrons. The van der Waals surface area contributed by atoms with Crippen LogP contribution >= 0.6 is 0 Å². The Morgan fingerprint density at radius 3 is 2.75 bits per heavy atom. The van der Waals surface area contributed by atoms with Crippen LogP contribution < -0.4 is 10.2 Å². The van der Waals surface area contributed by atoms with Crippen molar-refractivity contribution >= 4 is 17.3 Å². The molecule has 2 rings (SSSR count). The zero-order valence-corrected chi connectivity index (χ0v) is 12.7. The molecule has 0 aliphatic carbocycles. The number of amides is 1. The normalized spacial score (nSPS) is 11.0. The molecule has 2 aromatic carbocycles. The fourth-order valence-electron chi connectivity index (χ4n) is 1.88. The van der Waals surface area contributed by atoms with Crippen molar-refractivity contribution in [3.05, 3.63) is 70.0 Å². The fourth-order valence-corrected chi connectivity index (χ4v) is 1.88. The summed E-state index contributed by atoms with van der Waals surface area (Å²) in [4.78, 5) is 22.1. The molecular formula is C16H14FN3O4. The molecule has 0 heterocycles. The molecule has 0 spiro atoms. The summed E-state index contributed by atoms with van der Waals surface area (Å²) in [5, 5.41) is 14.8. The molecule has 7 nitrogen and oxygen atoms in total. The summed E-state index contributed by atoms with van der Waals surface area (Å²) in [5.74, 6) is -0.833. The molecule has 0 saturated heterocycles. The van der Waals surface area contributed by atoms with Crippen LogP contribution in [0.2, 0.25) is 0 Å². The highest BCUT2D eigenvalue weighted by Gasteiger charge is 2.14. The van der Waals surface area contributed by atoms with Crippen molar-refractivity contribution in [2.75, 3.05) is 6.61 Å². The number of halogens is 1. The molecule has 2 aromatic rings. The predicted molar refractivity (Wildman–Crippen MR) is 85.3 cm³/mol. The number of ether oxygens (including phenoxy) is 1. The van der Waals surface area contributed by atoms with Gasteiger partial charge in [0.05, 0.1) is 16.2 Å². The standard InChI is InChI=1S/C16H14FN3O4/c1-11(14-7-2-3-8-15(14)20(22)23)18-19-16(21)10-24-13-6-4-5-12(17)9-13/h2-9H,10H2,1H3,(H,19,21)/b18-11-. The zero-order valence-electron chi connectivity index (χ0n) is 12.7. The second kappa shape index (κ2) is 7.82. The minimum absolute atomic E-state index is 0.107. The van der Waals surface area contributed by atoms with Crippen molar-refractivity contribution in [2.45, 2.75) is 6.92 Å². The lowest BCUT2D eigenvalue weighted by molar-refractivity contribution is -0.385. The smallest absolute Gasteiger partial charge is 0.278 e. The first-order valence-electron chi connectivity index (χ1n) is 6.92. The number of carbonyl (C=O) groups is 1. The maximum absolute atomic E-state index is 13.0. The summed E-state index contributed by atoms with van der Waals surface area (Å²) < 4.78 is 18.1. The van der Waals surface area contributed by atoms with Gasteiger partial charge in [-0.2, -0.15) is 5.10 Å². The molecule has 0 aliphatic rings. The molecule has 1 N–H and O–H groups in total. The number of nitrogens with one attached hydrogen (secondary N) is 1. The summed E-state index contributed by atoms with van der Waals surface area (Å²) in [5.41, 5.74) is 2.71. The van der Waals surface area contributed by atoms with Gasteiger partial charge in [0.15, 0.2) is 6.61 Å². The van der Waals surface area contributed by atoms with Gasteiger partial charge in [0.2, 0.25) is 0 Å². The topological polar surface area (TPSA) is 93.8 Å². The number of hydrogen-bond donors (Lipinski definition) is 1. The van der Waals surface area contributed by atoms with E-state index in [9.17, 15) is 19.3 Å². The van der Waals surface area contributed by atoms with E-state index in [1.807, 2.05) is 0 Å². The van der Waals surface area contributed by atoms with Gasteiger partial charge in [0.1, 0.15) is 11.6 Å². The molecule has 24 heavy (non-hydrogen) atoms. The van der Waals surface area contributed by atoms with Gasteiger partial charge < -0.3 is 4.74 Å². The highest BCUT2D eigenvalue weighted by Crippen LogP contribution is 2.18. The van der Waals surface area contributed by atoms with Crippen LogP contribution in [0.5, 0.6) is 5.75 Å². The second-order valence-corrected chi connectivity index (χ2v) is 4.75. The van der Waals surface area contributed by atoms with E-state index in [1.165, 1.54) is 37.3 Å². The van der Waals surface area contributed by atoms with Gasteiger partial charge in [-0.1, -0.05) is 18.2 Å². The number of rotatable bonds is 6. The minimum Gasteiger partial charge on any atom is -0.484 e. The van der Waals surface area contributed by atoms with Crippen LogP contribution in [0.4, 0.5) is 10.1 Å². The lowest BCUT2D eigenvalue weighted by Crippen LogP contribution is -2.25. The SMILES string of the molecule is C/C(=N/NC(=O)COc1cccc(F)c1)c1ccccc1[N+](=O)[O-]. The van der Waals surface area contributed by atoms with Gasteiger partial charge in [0, 0.05) is 12.1 Å². The van der Waals surface area contributed by atoms with Gasteiger partial charge in [-0.3, -0.25) is 14.9 Å². The first-order valence-corrected chi connectivity index (χ1v) is 6.92. The van der Waals surface area contributed by atoms with Crippen LogP contribution in [-0.2, 0) is 4.79 Å². The molecule has 0 bridgehead atoms. The van der Waals surface area contributed by atoms with E-state index in [2.05, 4.69) is 10.5 Å². The molecule has 0 aromatic heterocycles. The molecule has 0 fully saturated rings. The number of nitro benzene ring substituents is 1. The summed E-state index contributed by atoms with van der Waals surface area (Å²) in [6, 6.07) is 11.4. The van der Waals surface area contributed by atoms with Crippen molar-refractivity contribution < 1.29 is 18.8 Å². The third kappa shape index (κ3) is 4.60. The van der Waals surface area contributed by atoms with Crippen molar-refractivity contribution in [2.24, 2.45) is 5.10 Å². The maximum Gasteiger partial charge on any atom is 0.278 e. The number of hydrogen-bond acceptors (Lipinski definition) is 5. The van der Waals surface area contributed by atoms with Gasteiger partial charge >= 0.3 is 0 Å². The molecule has 0 atom stereocenters. The molecular weight excluding hydrogens is 317 g/mol. The number of nitro groups is 1. The van der Waals surface area contributed by atoms with Crippen LogP contribution in [0.3, 0.4) is 0 Å². The van der Waals surface area contributed by atoms with Crippen molar-refractivity contribution in [3.8, 4) is 5.75 Å².